The van der Waals surface area contributed by atoms with Crippen LogP contribution in [0.15, 0.2) is 42.5 Å². The fourth-order valence-electron chi connectivity index (χ4n) is 3.18. The van der Waals surface area contributed by atoms with Crippen LogP contribution >= 0.6 is 19.7 Å². The normalized spacial score (nSPS) is 12.2. The molecule has 0 amide bonds. The van der Waals surface area contributed by atoms with Gasteiger partial charge in [0.15, 0.2) is 0 Å². The summed E-state index contributed by atoms with van der Waals surface area (Å²) in [6.45, 7) is 4.02. The molecule has 0 fully saturated rings. The summed E-state index contributed by atoms with van der Waals surface area (Å²) in [4.78, 5) is 15.8. The van der Waals surface area contributed by atoms with Gasteiger partial charge in [0, 0.05) is 39.7 Å². The van der Waals surface area contributed by atoms with Crippen molar-refractivity contribution in [3.63, 3.8) is 0 Å². The van der Waals surface area contributed by atoms with Crippen LogP contribution in [0.1, 0.15) is 28.5 Å². The molecule has 0 saturated carbocycles. The SMILES string of the molecule is CCOC(=O)c1[nH]c2ccc(Cl)cc2c1P(OC)c1cc(C)cc(/C=C/C#N)c1. The zero-order chi connectivity index (χ0) is 21.0. The second kappa shape index (κ2) is 9.24. The standard InChI is InChI=1S/C22H20ClN2O3P/c1-4-28-22(26)20-21(18-13-16(23)7-8-19(18)25-20)29(27-3)17-11-14(2)10-15(12-17)6-5-9-24/h5-8,10-13,25H,4H2,1-3H3/b6-5+. The van der Waals surface area contributed by atoms with E-state index in [0.29, 0.717) is 10.7 Å². The minimum atomic E-state index is -1.34. The van der Waals surface area contributed by atoms with Crippen molar-refractivity contribution in [3.8, 4) is 6.07 Å². The second-order valence-corrected chi connectivity index (χ2v) is 8.65. The Labute approximate surface area is 175 Å². The summed E-state index contributed by atoms with van der Waals surface area (Å²) in [6.07, 6.45) is 3.18. The zero-order valence-electron chi connectivity index (χ0n) is 16.3. The van der Waals surface area contributed by atoms with Gasteiger partial charge in [0.05, 0.1) is 20.8 Å². The van der Waals surface area contributed by atoms with Crippen LogP contribution in [0.25, 0.3) is 17.0 Å². The van der Waals surface area contributed by atoms with Crippen molar-refractivity contribution < 1.29 is 14.1 Å². The summed E-state index contributed by atoms with van der Waals surface area (Å²) >= 11 is 6.24. The van der Waals surface area contributed by atoms with Crippen LogP contribution in [-0.4, -0.2) is 24.7 Å². The molecule has 0 aliphatic heterocycles. The largest absolute Gasteiger partial charge is 0.461 e. The van der Waals surface area contributed by atoms with Gasteiger partial charge in [-0.05, 0) is 61.4 Å². The van der Waals surface area contributed by atoms with E-state index in [1.54, 1.807) is 26.2 Å². The Kier molecular flexibility index (Phi) is 6.71. The van der Waals surface area contributed by atoms with E-state index in [4.69, 9.17) is 26.1 Å². The first-order valence-corrected chi connectivity index (χ1v) is 10.6. The molecule has 0 saturated heterocycles. The van der Waals surface area contributed by atoms with Gasteiger partial charge in [0.1, 0.15) is 5.69 Å². The maximum Gasteiger partial charge on any atom is 0.355 e. The van der Waals surface area contributed by atoms with Gasteiger partial charge < -0.3 is 14.2 Å². The Balaban J connectivity index is 2.24. The van der Waals surface area contributed by atoms with Gasteiger partial charge in [0.25, 0.3) is 0 Å². The molecule has 1 heterocycles. The summed E-state index contributed by atoms with van der Waals surface area (Å²) in [7, 11) is 0.279. The van der Waals surface area contributed by atoms with Gasteiger partial charge in [0.2, 0.25) is 0 Å². The number of halogens is 1. The number of fused-ring (bicyclic) bond motifs is 1. The van der Waals surface area contributed by atoms with Crippen molar-refractivity contribution in [1.82, 2.24) is 4.98 Å². The van der Waals surface area contributed by atoms with Gasteiger partial charge >= 0.3 is 5.97 Å². The third kappa shape index (κ3) is 4.52. The van der Waals surface area contributed by atoms with Crippen molar-refractivity contribution >= 4 is 53.3 Å². The van der Waals surface area contributed by atoms with Crippen molar-refractivity contribution in [2.45, 2.75) is 13.8 Å². The lowest BCUT2D eigenvalue weighted by molar-refractivity contribution is 0.0522. The molecule has 1 aromatic heterocycles. The number of carbonyl (C=O) groups is 1. The van der Waals surface area contributed by atoms with Gasteiger partial charge in [-0.25, -0.2) is 4.79 Å². The molecule has 1 unspecified atom stereocenters. The van der Waals surface area contributed by atoms with Gasteiger partial charge in [-0.3, -0.25) is 0 Å². The van der Waals surface area contributed by atoms with Crippen molar-refractivity contribution in [3.05, 3.63) is 64.3 Å². The molecule has 1 N–H and O–H groups in total. The number of hydrogen-bond donors (Lipinski definition) is 1. The quantitative estimate of drug-likeness (QED) is 0.348. The highest BCUT2D eigenvalue weighted by atomic mass is 35.5. The molecule has 0 spiro atoms. The van der Waals surface area contributed by atoms with Crippen LogP contribution < -0.4 is 10.6 Å². The van der Waals surface area contributed by atoms with Crippen LogP contribution in [-0.2, 0) is 9.26 Å². The van der Waals surface area contributed by atoms with Gasteiger partial charge in [-0.1, -0.05) is 17.7 Å². The molecule has 0 aliphatic rings. The zero-order valence-corrected chi connectivity index (χ0v) is 18.0. The Morgan fingerprint density at radius 1 is 1.31 bits per heavy atom. The Hall–Kier alpha value is -2.64. The average molecular weight is 427 g/mol. The minimum Gasteiger partial charge on any atom is -0.461 e. The van der Waals surface area contributed by atoms with Crippen LogP contribution in [0.4, 0.5) is 0 Å². The van der Waals surface area contributed by atoms with E-state index in [9.17, 15) is 4.79 Å². The van der Waals surface area contributed by atoms with Gasteiger partial charge in [-0.2, -0.15) is 5.26 Å². The second-order valence-electron chi connectivity index (χ2n) is 6.30. The van der Waals surface area contributed by atoms with Crippen LogP contribution in [0.2, 0.25) is 5.02 Å². The summed E-state index contributed by atoms with van der Waals surface area (Å²) in [5, 5.41) is 11.9. The smallest absolute Gasteiger partial charge is 0.355 e. The number of carbonyl (C=O) groups excluding carboxylic acids is 1. The molecule has 2 aromatic carbocycles. The number of nitriles is 1. The Morgan fingerprint density at radius 3 is 2.79 bits per heavy atom. The number of hydrogen-bond acceptors (Lipinski definition) is 4. The third-order valence-corrected chi connectivity index (χ3v) is 6.47. The van der Waals surface area contributed by atoms with E-state index in [2.05, 4.69) is 4.98 Å². The molecule has 5 nitrogen and oxygen atoms in total. The number of aryl methyl sites for hydroxylation is 1. The number of aromatic amines is 1. The molecule has 7 heteroatoms. The van der Waals surface area contributed by atoms with Gasteiger partial charge in [-0.15, -0.1) is 0 Å². The molecule has 3 rings (SSSR count). The lowest BCUT2D eigenvalue weighted by Gasteiger charge is -2.18. The third-order valence-electron chi connectivity index (χ3n) is 4.27. The number of rotatable bonds is 6. The fraction of sp³-hybridized carbons (Fsp3) is 0.182. The van der Waals surface area contributed by atoms with E-state index in [1.807, 2.05) is 43.3 Å². The molecule has 1 atom stereocenters. The summed E-state index contributed by atoms with van der Waals surface area (Å²) in [6, 6.07) is 13.4. The molecular weight excluding hydrogens is 407 g/mol. The molecule has 0 bridgehead atoms. The fourth-order valence-corrected chi connectivity index (χ4v) is 5.34. The Bertz CT molecular complexity index is 1130. The number of H-pyrrole nitrogens is 1. The number of nitrogens with zero attached hydrogens (tertiary/aromatic N) is 1. The molecule has 29 heavy (non-hydrogen) atoms. The lowest BCUT2D eigenvalue weighted by atomic mass is 10.1. The maximum absolute atomic E-state index is 12.7. The first kappa shape index (κ1) is 21.1. The van der Waals surface area contributed by atoms with E-state index in [-0.39, 0.29) is 6.61 Å². The Morgan fingerprint density at radius 2 is 2.10 bits per heavy atom. The molecule has 3 aromatic rings. The number of allylic oxidation sites excluding steroid dienone is 1. The van der Waals surface area contributed by atoms with E-state index in [1.165, 1.54) is 6.08 Å². The van der Waals surface area contributed by atoms with Crippen LogP contribution in [0.3, 0.4) is 0 Å². The summed E-state index contributed by atoms with van der Waals surface area (Å²) in [5.74, 6) is -0.434. The number of esters is 1. The summed E-state index contributed by atoms with van der Waals surface area (Å²) < 4.78 is 11.2. The molecule has 0 aliphatic carbocycles. The topological polar surface area (TPSA) is 75.1 Å². The van der Waals surface area contributed by atoms with Crippen LogP contribution in [0.5, 0.6) is 0 Å². The molecule has 148 valence electrons. The number of nitrogens with one attached hydrogen (secondary N) is 1. The monoisotopic (exact) mass is 426 g/mol. The maximum atomic E-state index is 12.7. The lowest BCUT2D eigenvalue weighted by Crippen LogP contribution is -2.21. The molecule has 0 radical (unpaired) electrons. The molecular formula is C22H20ClN2O3P. The van der Waals surface area contributed by atoms with Crippen molar-refractivity contribution in [2.24, 2.45) is 0 Å². The van der Waals surface area contributed by atoms with Crippen LogP contribution in [0, 0.1) is 18.3 Å². The average Bonchev–Trinajstić information content (AvgIpc) is 3.05. The van der Waals surface area contributed by atoms with E-state index in [0.717, 1.165) is 32.6 Å². The highest BCUT2D eigenvalue weighted by Crippen LogP contribution is 2.39. The number of benzene rings is 2. The highest BCUT2D eigenvalue weighted by Gasteiger charge is 2.27. The predicted molar refractivity (Wildman–Crippen MR) is 118 cm³/mol. The van der Waals surface area contributed by atoms with Crippen molar-refractivity contribution in [2.75, 3.05) is 13.7 Å². The predicted octanol–water partition coefficient (Wildman–Crippen LogP) is 4.84. The number of aromatic nitrogens is 1. The van der Waals surface area contributed by atoms with Crippen molar-refractivity contribution in [1.29, 1.82) is 5.26 Å². The first-order valence-electron chi connectivity index (χ1n) is 8.99. The van der Waals surface area contributed by atoms with E-state index >= 15 is 0 Å². The highest BCUT2D eigenvalue weighted by molar-refractivity contribution is 7.69. The van der Waals surface area contributed by atoms with E-state index < -0.39 is 14.1 Å². The summed E-state index contributed by atoms with van der Waals surface area (Å²) in [5.41, 5.74) is 3.07. The number of ether oxygens (including phenoxy) is 1. The first-order chi connectivity index (χ1) is 14.0. The minimum absolute atomic E-state index is 0.271.